The molecule has 0 N–H and O–H groups in total. The Balaban J connectivity index is 1.35. The Morgan fingerprint density at radius 3 is 2.71 bits per heavy atom. The van der Waals surface area contributed by atoms with E-state index in [-0.39, 0.29) is 18.1 Å². The van der Waals surface area contributed by atoms with Crippen LogP contribution in [0.5, 0.6) is 0 Å². The van der Waals surface area contributed by atoms with E-state index in [1.165, 1.54) is 19.3 Å². The summed E-state index contributed by atoms with van der Waals surface area (Å²) in [5, 5.41) is 4.47. The minimum atomic E-state index is -4.53. The summed E-state index contributed by atoms with van der Waals surface area (Å²) in [6.45, 7) is 1.13. The van der Waals surface area contributed by atoms with Gasteiger partial charge in [0.2, 0.25) is 0 Å². The standard InChI is InChI=1S/C14H18F3N3O/c15-14(16,17)21-9-10-1-2-19(7-10)12-6-18-20(8-12)13-3-11(4-13)5-13/h6,8,10-11H,1-5,7,9H2/t10-,11?,13?/m1/s1. The van der Waals surface area contributed by atoms with E-state index in [1.54, 1.807) is 0 Å². The van der Waals surface area contributed by atoms with Gasteiger partial charge in [0, 0.05) is 25.2 Å². The molecule has 4 nitrogen and oxygen atoms in total. The molecule has 3 aliphatic carbocycles. The monoisotopic (exact) mass is 301 g/mol. The summed E-state index contributed by atoms with van der Waals surface area (Å²) in [6.07, 6.45) is 3.80. The van der Waals surface area contributed by atoms with Gasteiger partial charge >= 0.3 is 6.36 Å². The molecule has 116 valence electrons. The normalized spacial score (nSPS) is 34.7. The Morgan fingerprint density at radius 1 is 1.33 bits per heavy atom. The van der Waals surface area contributed by atoms with Gasteiger partial charge in [0.1, 0.15) is 0 Å². The zero-order chi connectivity index (χ0) is 14.7. The molecular weight excluding hydrogens is 283 g/mol. The number of aromatic nitrogens is 2. The Labute approximate surface area is 120 Å². The van der Waals surface area contributed by atoms with Gasteiger partial charge in [-0.1, -0.05) is 0 Å². The van der Waals surface area contributed by atoms with E-state index in [0.717, 1.165) is 24.6 Å². The molecular formula is C14H18F3N3O. The van der Waals surface area contributed by atoms with E-state index in [0.29, 0.717) is 6.54 Å². The average molecular weight is 301 g/mol. The maximum atomic E-state index is 12.1. The van der Waals surface area contributed by atoms with Gasteiger partial charge in [-0.15, -0.1) is 13.2 Å². The van der Waals surface area contributed by atoms with E-state index in [1.807, 2.05) is 6.20 Å². The fourth-order valence-corrected chi connectivity index (χ4v) is 3.86. The Kier molecular flexibility index (Phi) is 2.80. The summed E-state index contributed by atoms with van der Waals surface area (Å²) < 4.78 is 42.2. The van der Waals surface area contributed by atoms with Crippen molar-refractivity contribution in [3.05, 3.63) is 12.4 Å². The second kappa shape index (κ2) is 4.38. The highest BCUT2D eigenvalue weighted by Gasteiger charge is 2.58. The van der Waals surface area contributed by atoms with Crippen molar-refractivity contribution in [2.75, 3.05) is 24.6 Å². The Hall–Kier alpha value is -1.24. The predicted octanol–water partition coefficient (Wildman–Crippen LogP) is 2.75. The molecule has 0 spiro atoms. The molecule has 2 heterocycles. The van der Waals surface area contributed by atoms with Gasteiger partial charge in [-0.2, -0.15) is 5.10 Å². The van der Waals surface area contributed by atoms with E-state index in [9.17, 15) is 13.2 Å². The number of ether oxygens (including phenoxy) is 1. The zero-order valence-corrected chi connectivity index (χ0v) is 11.6. The Bertz CT molecular complexity index is 525. The number of hydrogen-bond acceptors (Lipinski definition) is 3. The van der Waals surface area contributed by atoms with Gasteiger partial charge in [-0.05, 0) is 31.6 Å². The fourth-order valence-electron chi connectivity index (χ4n) is 3.86. The summed E-state index contributed by atoms with van der Waals surface area (Å²) in [5.41, 5.74) is 1.29. The molecule has 4 fully saturated rings. The van der Waals surface area contributed by atoms with Crippen molar-refractivity contribution in [2.45, 2.75) is 37.6 Å². The van der Waals surface area contributed by atoms with Crippen molar-refractivity contribution >= 4 is 5.69 Å². The largest absolute Gasteiger partial charge is 0.522 e. The van der Waals surface area contributed by atoms with Crippen LogP contribution < -0.4 is 4.90 Å². The van der Waals surface area contributed by atoms with Crippen LogP contribution in [0.15, 0.2) is 12.4 Å². The molecule has 0 radical (unpaired) electrons. The molecule has 1 aliphatic heterocycles. The molecule has 1 aromatic heterocycles. The van der Waals surface area contributed by atoms with Crippen LogP contribution >= 0.6 is 0 Å². The van der Waals surface area contributed by atoms with Gasteiger partial charge in [0.25, 0.3) is 0 Å². The summed E-state index contributed by atoms with van der Waals surface area (Å²) in [4.78, 5) is 2.11. The fraction of sp³-hybridized carbons (Fsp3) is 0.786. The third-order valence-electron chi connectivity index (χ3n) is 5.19. The summed E-state index contributed by atoms with van der Waals surface area (Å²) in [5.74, 6) is 0.832. The lowest BCUT2D eigenvalue weighted by Crippen LogP contribution is -2.59. The number of halogens is 3. The third-order valence-corrected chi connectivity index (χ3v) is 5.19. The van der Waals surface area contributed by atoms with Crippen LogP contribution in [0, 0.1) is 11.8 Å². The van der Waals surface area contributed by atoms with Crippen molar-refractivity contribution < 1.29 is 17.9 Å². The average Bonchev–Trinajstić information content (AvgIpc) is 2.88. The van der Waals surface area contributed by atoms with Crippen LogP contribution in [0.2, 0.25) is 0 Å². The first-order valence-electron chi connectivity index (χ1n) is 7.44. The molecule has 0 unspecified atom stereocenters. The minimum absolute atomic E-state index is 0.0649. The number of anilines is 1. The molecule has 5 rings (SSSR count). The first kappa shape index (κ1) is 13.4. The highest BCUT2D eigenvalue weighted by molar-refractivity contribution is 5.44. The van der Waals surface area contributed by atoms with Gasteiger partial charge < -0.3 is 4.90 Å². The van der Waals surface area contributed by atoms with Crippen molar-refractivity contribution in [3.8, 4) is 0 Å². The zero-order valence-electron chi connectivity index (χ0n) is 11.6. The molecule has 7 heteroatoms. The molecule has 2 bridgehead atoms. The summed E-state index contributed by atoms with van der Waals surface area (Å²) in [6, 6.07) is 0. The topological polar surface area (TPSA) is 30.3 Å². The van der Waals surface area contributed by atoms with Crippen LogP contribution in [0.1, 0.15) is 25.7 Å². The predicted molar refractivity (Wildman–Crippen MR) is 69.9 cm³/mol. The highest BCUT2D eigenvalue weighted by Crippen LogP contribution is 2.62. The van der Waals surface area contributed by atoms with Crippen molar-refractivity contribution in [1.29, 1.82) is 0 Å². The maximum Gasteiger partial charge on any atom is 0.522 e. The Morgan fingerprint density at radius 2 is 2.10 bits per heavy atom. The maximum absolute atomic E-state index is 12.1. The molecule has 4 aliphatic rings. The van der Waals surface area contributed by atoms with Crippen molar-refractivity contribution in [2.24, 2.45) is 11.8 Å². The van der Waals surface area contributed by atoms with E-state index >= 15 is 0 Å². The third kappa shape index (κ3) is 2.31. The molecule has 3 saturated carbocycles. The van der Waals surface area contributed by atoms with Crippen LogP contribution in [-0.2, 0) is 10.3 Å². The quantitative estimate of drug-likeness (QED) is 0.856. The first-order chi connectivity index (χ1) is 9.94. The molecule has 1 atom stereocenters. The molecule has 1 aromatic rings. The summed E-state index contributed by atoms with van der Waals surface area (Å²) in [7, 11) is 0. The molecule has 21 heavy (non-hydrogen) atoms. The van der Waals surface area contributed by atoms with Crippen molar-refractivity contribution in [3.63, 3.8) is 0 Å². The van der Waals surface area contributed by atoms with Crippen LogP contribution in [-0.4, -0.2) is 35.8 Å². The lowest BCUT2D eigenvalue weighted by molar-refractivity contribution is -0.327. The van der Waals surface area contributed by atoms with Gasteiger partial charge in [-0.3, -0.25) is 9.42 Å². The lowest BCUT2D eigenvalue weighted by Gasteiger charge is -2.61. The highest BCUT2D eigenvalue weighted by atomic mass is 19.4. The first-order valence-corrected chi connectivity index (χ1v) is 7.44. The second-order valence-electron chi connectivity index (χ2n) is 6.70. The molecule has 1 saturated heterocycles. The van der Waals surface area contributed by atoms with Crippen molar-refractivity contribution in [1.82, 2.24) is 9.78 Å². The number of alkyl halides is 3. The van der Waals surface area contributed by atoms with E-state index < -0.39 is 6.36 Å². The van der Waals surface area contributed by atoms with Crippen LogP contribution in [0.25, 0.3) is 0 Å². The SMILES string of the molecule is FC(F)(F)OC[C@@H]1CCN(c2cnn(C34CC(C3)C4)c2)C1. The van der Waals surface area contributed by atoms with Crippen LogP contribution in [0.4, 0.5) is 18.9 Å². The van der Waals surface area contributed by atoms with Gasteiger partial charge in [0.05, 0.1) is 24.0 Å². The van der Waals surface area contributed by atoms with Gasteiger partial charge in [-0.25, -0.2) is 0 Å². The smallest absolute Gasteiger partial charge is 0.369 e. The van der Waals surface area contributed by atoms with Crippen LogP contribution in [0.3, 0.4) is 0 Å². The number of hydrogen-bond donors (Lipinski definition) is 0. The lowest BCUT2D eigenvalue weighted by atomic mass is 9.50. The molecule has 0 amide bonds. The minimum Gasteiger partial charge on any atom is -0.369 e. The number of nitrogens with zero attached hydrogens (tertiary/aromatic N) is 3. The molecule has 0 aromatic carbocycles. The number of rotatable bonds is 4. The summed E-state index contributed by atoms with van der Waals surface area (Å²) >= 11 is 0. The van der Waals surface area contributed by atoms with Gasteiger partial charge in [0.15, 0.2) is 0 Å². The second-order valence-corrected chi connectivity index (χ2v) is 6.70. The van der Waals surface area contributed by atoms with E-state index in [4.69, 9.17) is 0 Å². The van der Waals surface area contributed by atoms with E-state index in [2.05, 4.69) is 25.6 Å².